The van der Waals surface area contributed by atoms with E-state index in [4.69, 9.17) is 4.74 Å². The van der Waals surface area contributed by atoms with E-state index in [0.717, 1.165) is 11.1 Å². The van der Waals surface area contributed by atoms with E-state index < -0.39 is 10.0 Å². The number of ether oxygens (including phenoxy) is 1. The predicted octanol–water partition coefficient (Wildman–Crippen LogP) is 3.73. The average molecular weight is 441 g/mol. The molecule has 0 aliphatic heterocycles. The van der Waals surface area contributed by atoms with Gasteiger partial charge in [-0.05, 0) is 60.4 Å². The molecule has 0 aliphatic rings. The van der Waals surface area contributed by atoms with Crippen LogP contribution in [0.25, 0.3) is 0 Å². The van der Waals surface area contributed by atoms with E-state index in [0.29, 0.717) is 17.4 Å². The molecule has 0 fully saturated rings. The summed E-state index contributed by atoms with van der Waals surface area (Å²) in [6.07, 6.45) is 2.87. The number of benzene rings is 2. The number of aryl methyl sites for hydroxylation is 1. The Hall–Kier alpha value is -3.46. The fourth-order valence-electron chi connectivity index (χ4n) is 2.72. The Bertz CT molecular complexity index is 1150. The largest absolute Gasteiger partial charge is 0.483 e. The molecule has 1 amide bonds. The van der Waals surface area contributed by atoms with Gasteiger partial charge in [0, 0.05) is 18.1 Å². The van der Waals surface area contributed by atoms with E-state index in [1.165, 1.54) is 36.7 Å². The predicted molar refractivity (Wildman–Crippen MR) is 119 cm³/mol. The number of rotatable bonds is 8. The van der Waals surface area contributed by atoms with E-state index in [2.05, 4.69) is 33.9 Å². The highest BCUT2D eigenvalue weighted by molar-refractivity contribution is 7.92. The minimum absolute atomic E-state index is 0.0196. The van der Waals surface area contributed by atoms with Crippen molar-refractivity contribution in [1.29, 1.82) is 0 Å². The van der Waals surface area contributed by atoms with Gasteiger partial charge in [0.05, 0.1) is 4.90 Å². The number of hydrogen-bond acceptors (Lipinski definition) is 6. The van der Waals surface area contributed by atoms with Crippen molar-refractivity contribution >= 4 is 27.6 Å². The van der Waals surface area contributed by atoms with Gasteiger partial charge in [-0.1, -0.05) is 26.0 Å². The summed E-state index contributed by atoms with van der Waals surface area (Å²) in [5.74, 6) is 0.654. The highest BCUT2D eigenvalue weighted by Crippen LogP contribution is 2.24. The Labute approximate surface area is 181 Å². The first-order valence-corrected chi connectivity index (χ1v) is 11.2. The van der Waals surface area contributed by atoms with Crippen LogP contribution < -0.4 is 14.8 Å². The van der Waals surface area contributed by atoms with Crippen molar-refractivity contribution < 1.29 is 17.9 Å². The maximum Gasteiger partial charge on any atom is 0.264 e. The van der Waals surface area contributed by atoms with Crippen molar-refractivity contribution in [3.05, 3.63) is 72.1 Å². The summed E-state index contributed by atoms with van der Waals surface area (Å²) in [5, 5.41) is 2.69. The third-order valence-corrected chi connectivity index (χ3v) is 5.82. The number of aromatic nitrogens is 2. The molecule has 0 atom stereocenters. The van der Waals surface area contributed by atoms with Crippen molar-refractivity contribution in [2.75, 3.05) is 16.6 Å². The van der Waals surface area contributed by atoms with Crippen LogP contribution in [0, 0.1) is 6.92 Å². The van der Waals surface area contributed by atoms with Crippen LogP contribution in [0.2, 0.25) is 0 Å². The van der Waals surface area contributed by atoms with Gasteiger partial charge in [-0.15, -0.1) is 0 Å². The van der Waals surface area contributed by atoms with Crippen LogP contribution in [0.1, 0.15) is 30.9 Å². The summed E-state index contributed by atoms with van der Waals surface area (Å²) >= 11 is 0. The first-order valence-electron chi connectivity index (χ1n) is 9.68. The molecule has 31 heavy (non-hydrogen) atoms. The number of sulfonamides is 1. The van der Waals surface area contributed by atoms with E-state index in [9.17, 15) is 13.2 Å². The minimum atomic E-state index is -3.83. The van der Waals surface area contributed by atoms with Gasteiger partial charge in [-0.2, -0.15) is 0 Å². The minimum Gasteiger partial charge on any atom is -0.483 e. The Balaban J connectivity index is 1.60. The van der Waals surface area contributed by atoms with Crippen LogP contribution in [0.5, 0.6) is 5.75 Å². The Morgan fingerprint density at radius 3 is 2.39 bits per heavy atom. The fraction of sp³-hybridized carbons (Fsp3) is 0.227. The van der Waals surface area contributed by atoms with Gasteiger partial charge >= 0.3 is 0 Å². The van der Waals surface area contributed by atoms with Crippen LogP contribution in [-0.2, 0) is 14.8 Å². The first kappa shape index (κ1) is 22.2. The second-order valence-corrected chi connectivity index (χ2v) is 8.90. The smallest absolute Gasteiger partial charge is 0.264 e. The zero-order valence-electron chi connectivity index (χ0n) is 17.5. The zero-order chi connectivity index (χ0) is 22.4. The van der Waals surface area contributed by atoms with Gasteiger partial charge in [0.25, 0.3) is 15.9 Å². The molecule has 2 N–H and O–H groups in total. The number of anilines is 2. The van der Waals surface area contributed by atoms with Crippen LogP contribution in [-0.4, -0.2) is 30.9 Å². The third kappa shape index (κ3) is 6.02. The summed E-state index contributed by atoms with van der Waals surface area (Å²) in [4.78, 5) is 20.0. The second kappa shape index (κ2) is 9.57. The monoisotopic (exact) mass is 440 g/mol. The highest BCUT2D eigenvalue weighted by Gasteiger charge is 2.16. The summed E-state index contributed by atoms with van der Waals surface area (Å²) in [6.45, 7) is 5.95. The maximum absolute atomic E-state index is 12.4. The van der Waals surface area contributed by atoms with Gasteiger partial charge in [-0.3, -0.25) is 4.79 Å². The molecule has 0 aliphatic carbocycles. The van der Waals surface area contributed by atoms with Crippen molar-refractivity contribution in [3.8, 4) is 5.75 Å². The number of carbonyl (C=O) groups excluding carboxylic acids is 1. The lowest BCUT2D eigenvalue weighted by molar-refractivity contribution is -0.118. The van der Waals surface area contributed by atoms with Crippen LogP contribution >= 0.6 is 0 Å². The van der Waals surface area contributed by atoms with Crippen LogP contribution in [0.15, 0.2) is 65.8 Å². The van der Waals surface area contributed by atoms with Gasteiger partial charge in [0.1, 0.15) is 5.75 Å². The molecule has 0 radical (unpaired) electrons. The normalized spacial score (nSPS) is 11.2. The van der Waals surface area contributed by atoms with Crippen molar-refractivity contribution in [2.24, 2.45) is 0 Å². The van der Waals surface area contributed by atoms with Gasteiger partial charge in [0.2, 0.25) is 5.95 Å². The number of nitrogens with one attached hydrogen (secondary N) is 2. The first-order chi connectivity index (χ1) is 14.7. The molecule has 0 saturated carbocycles. The summed E-state index contributed by atoms with van der Waals surface area (Å²) in [5.41, 5.74) is 2.53. The van der Waals surface area contributed by atoms with Gasteiger partial charge in [0.15, 0.2) is 6.61 Å². The maximum atomic E-state index is 12.4. The van der Waals surface area contributed by atoms with E-state index in [-0.39, 0.29) is 23.4 Å². The van der Waals surface area contributed by atoms with E-state index >= 15 is 0 Å². The highest BCUT2D eigenvalue weighted by atomic mass is 32.2. The SMILES string of the molecule is Cc1ccc(C(C)C)cc1OCC(=O)Nc1ccc(S(=O)(=O)Nc2ncccn2)cc1. The lowest BCUT2D eigenvalue weighted by Crippen LogP contribution is -2.20. The van der Waals surface area contributed by atoms with Crippen molar-refractivity contribution in [3.63, 3.8) is 0 Å². The molecule has 162 valence electrons. The van der Waals surface area contributed by atoms with Crippen LogP contribution in [0.3, 0.4) is 0 Å². The standard InChI is InChI=1S/C22H24N4O4S/c1-15(2)17-6-5-16(3)20(13-17)30-14-21(27)25-18-7-9-19(10-8-18)31(28,29)26-22-23-11-4-12-24-22/h4-13,15H,14H2,1-3H3,(H,25,27)(H,23,24,26). The molecule has 2 aromatic carbocycles. The number of carbonyl (C=O) groups is 1. The number of nitrogens with zero attached hydrogens (tertiary/aromatic N) is 2. The molecule has 3 aromatic rings. The molecule has 9 heteroatoms. The zero-order valence-corrected chi connectivity index (χ0v) is 18.3. The molecule has 0 spiro atoms. The molecule has 8 nitrogen and oxygen atoms in total. The lowest BCUT2D eigenvalue weighted by Gasteiger charge is -2.13. The average Bonchev–Trinajstić information content (AvgIpc) is 2.74. The Morgan fingerprint density at radius 1 is 1.06 bits per heavy atom. The van der Waals surface area contributed by atoms with Crippen molar-refractivity contribution in [1.82, 2.24) is 9.97 Å². The summed E-state index contributed by atoms with van der Waals surface area (Å²) in [7, 11) is -3.83. The molecule has 0 saturated heterocycles. The Morgan fingerprint density at radius 2 is 1.74 bits per heavy atom. The topological polar surface area (TPSA) is 110 Å². The summed E-state index contributed by atoms with van der Waals surface area (Å²) in [6, 6.07) is 13.3. The molecular weight excluding hydrogens is 416 g/mol. The van der Waals surface area contributed by atoms with E-state index in [1.54, 1.807) is 6.07 Å². The van der Waals surface area contributed by atoms with Crippen molar-refractivity contribution in [2.45, 2.75) is 31.6 Å². The fourth-order valence-corrected chi connectivity index (χ4v) is 3.68. The third-order valence-electron chi connectivity index (χ3n) is 4.48. The molecule has 1 heterocycles. The Kier molecular flexibility index (Phi) is 6.86. The summed E-state index contributed by atoms with van der Waals surface area (Å²) < 4.78 is 32.8. The molecule has 1 aromatic heterocycles. The second-order valence-electron chi connectivity index (χ2n) is 7.22. The molecule has 0 bridgehead atoms. The molecule has 0 unspecified atom stereocenters. The molecular formula is C22H24N4O4S. The lowest BCUT2D eigenvalue weighted by atomic mass is 10.0. The quantitative estimate of drug-likeness (QED) is 0.552. The number of hydrogen-bond donors (Lipinski definition) is 2. The van der Waals surface area contributed by atoms with Gasteiger partial charge < -0.3 is 10.1 Å². The van der Waals surface area contributed by atoms with E-state index in [1.807, 2.05) is 25.1 Å². The molecule has 3 rings (SSSR count). The number of amides is 1. The van der Waals surface area contributed by atoms with Gasteiger partial charge in [-0.25, -0.2) is 23.1 Å². The van der Waals surface area contributed by atoms with Crippen LogP contribution in [0.4, 0.5) is 11.6 Å².